The Morgan fingerprint density at radius 3 is 3.15 bits per heavy atom. The van der Waals surface area contributed by atoms with E-state index in [0.29, 0.717) is 24.3 Å². The van der Waals surface area contributed by atoms with E-state index in [4.69, 9.17) is 5.73 Å². The van der Waals surface area contributed by atoms with Gasteiger partial charge in [0.2, 0.25) is 0 Å². The summed E-state index contributed by atoms with van der Waals surface area (Å²) in [6.07, 6.45) is 2.47. The Bertz CT molecular complexity index is 734. The Morgan fingerprint density at radius 1 is 1.45 bits per heavy atom. The third kappa shape index (κ3) is 2.48. The summed E-state index contributed by atoms with van der Waals surface area (Å²) in [6, 6.07) is 5.32. The molecule has 0 aliphatic rings. The molecule has 3 rings (SSSR count). The zero-order chi connectivity index (χ0) is 13.9. The quantitative estimate of drug-likeness (QED) is 0.635. The summed E-state index contributed by atoms with van der Waals surface area (Å²) < 4.78 is 0. The number of rotatable bonds is 4. The van der Waals surface area contributed by atoms with E-state index in [2.05, 4.69) is 20.5 Å². The summed E-state index contributed by atoms with van der Waals surface area (Å²) in [6.45, 7) is 0.531. The number of hydrogen-bond acceptors (Lipinski definition) is 5. The van der Waals surface area contributed by atoms with Crippen molar-refractivity contribution in [1.82, 2.24) is 20.5 Å². The standard InChI is InChI=1S/C13H13N5OS/c14-8-1-2-10-9(7-8)12(18-17-10)13(19)16-4-3-11-15-5-6-20-11/h1-2,5-7H,3-4,14H2,(H,16,19)(H,17,18). The Kier molecular flexibility index (Phi) is 3.34. The number of carbonyl (C=O) groups is 1. The number of benzene rings is 1. The van der Waals surface area contributed by atoms with Gasteiger partial charge < -0.3 is 11.1 Å². The molecule has 1 aromatic carbocycles. The van der Waals surface area contributed by atoms with Crippen molar-refractivity contribution in [2.24, 2.45) is 0 Å². The van der Waals surface area contributed by atoms with Crippen LogP contribution in [0.25, 0.3) is 10.9 Å². The summed E-state index contributed by atoms with van der Waals surface area (Å²) in [7, 11) is 0. The van der Waals surface area contributed by atoms with Gasteiger partial charge in [-0.05, 0) is 18.2 Å². The number of hydrogen-bond donors (Lipinski definition) is 3. The Balaban J connectivity index is 1.70. The second kappa shape index (κ2) is 5.30. The minimum absolute atomic E-state index is 0.210. The van der Waals surface area contributed by atoms with Gasteiger partial charge in [0.1, 0.15) is 0 Å². The highest BCUT2D eigenvalue weighted by atomic mass is 32.1. The van der Waals surface area contributed by atoms with Crippen LogP contribution in [-0.4, -0.2) is 27.6 Å². The van der Waals surface area contributed by atoms with E-state index < -0.39 is 0 Å². The van der Waals surface area contributed by atoms with E-state index >= 15 is 0 Å². The van der Waals surface area contributed by atoms with Gasteiger partial charge in [-0.25, -0.2) is 4.98 Å². The number of aromatic amines is 1. The molecule has 0 aliphatic carbocycles. The molecule has 2 aromatic heterocycles. The first-order chi connectivity index (χ1) is 9.74. The van der Waals surface area contributed by atoms with Crippen LogP contribution in [-0.2, 0) is 6.42 Å². The number of nitrogens with zero attached hydrogens (tertiary/aromatic N) is 2. The number of amides is 1. The number of anilines is 1. The molecule has 1 amide bonds. The van der Waals surface area contributed by atoms with Gasteiger partial charge >= 0.3 is 0 Å². The van der Waals surface area contributed by atoms with Crippen LogP contribution in [0.15, 0.2) is 29.8 Å². The summed E-state index contributed by atoms with van der Waals surface area (Å²) in [5.74, 6) is -0.210. The fourth-order valence-corrected chi connectivity index (χ4v) is 2.57. The number of thiazole rings is 1. The van der Waals surface area contributed by atoms with E-state index in [0.717, 1.165) is 15.9 Å². The minimum Gasteiger partial charge on any atom is -0.399 e. The molecule has 6 nitrogen and oxygen atoms in total. The average Bonchev–Trinajstić information content (AvgIpc) is 3.07. The van der Waals surface area contributed by atoms with Crippen molar-refractivity contribution in [1.29, 1.82) is 0 Å². The molecule has 20 heavy (non-hydrogen) atoms. The molecule has 0 atom stereocenters. The highest BCUT2D eigenvalue weighted by molar-refractivity contribution is 7.09. The van der Waals surface area contributed by atoms with Crippen LogP contribution < -0.4 is 11.1 Å². The highest BCUT2D eigenvalue weighted by Crippen LogP contribution is 2.18. The molecular weight excluding hydrogens is 274 g/mol. The zero-order valence-corrected chi connectivity index (χ0v) is 11.4. The third-order valence-electron chi connectivity index (χ3n) is 2.91. The predicted octanol–water partition coefficient (Wildman–Crippen LogP) is 1.57. The molecule has 4 N–H and O–H groups in total. The Hall–Kier alpha value is -2.41. The van der Waals surface area contributed by atoms with Crippen LogP contribution in [0.2, 0.25) is 0 Å². The van der Waals surface area contributed by atoms with E-state index in [1.165, 1.54) is 0 Å². The van der Waals surface area contributed by atoms with Gasteiger partial charge in [-0.2, -0.15) is 5.10 Å². The lowest BCUT2D eigenvalue weighted by atomic mass is 10.2. The van der Waals surface area contributed by atoms with E-state index in [1.54, 1.807) is 29.7 Å². The molecule has 2 heterocycles. The molecule has 0 saturated heterocycles. The molecule has 0 spiro atoms. The lowest BCUT2D eigenvalue weighted by Gasteiger charge is -2.02. The second-order valence-corrected chi connectivity index (χ2v) is 5.29. The smallest absolute Gasteiger partial charge is 0.272 e. The molecule has 0 bridgehead atoms. The minimum atomic E-state index is -0.210. The van der Waals surface area contributed by atoms with Crippen LogP contribution in [0, 0.1) is 0 Å². The summed E-state index contributed by atoms with van der Waals surface area (Å²) in [4.78, 5) is 16.3. The monoisotopic (exact) mass is 287 g/mol. The van der Waals surface area contributed by atoms with Crippen molar-refractivity contribution in [2.75, 3.05) is 12.3 Å². The van der Waals surface area contributed by atoms with Crippen molar-refractivity contribution in [3.8, 4) is 0 Å². The number of nitrogen functional groups attached to an aromatic ring is 1. The molecular formula is C13H13N5OS. The van der Waals surface area contributed by atoms with Gasteiger partial charge in [0.25, 0.3) is 5.91 Å². The summed E-state index contributed by atoms with van der Waals surface area (Å²) >= 11 is 1.58. The maximum absolute atomic E-state index is 12.1. The summed E-state index contributed by atoms with van der Waals surface area (Å²) in [5, 5.41) is 13.4. The molecule has 0 unspecified atom stereocenters. The maximum Gasteiger partial charge on any atom is 0.272 e. The van der Waals surface area contributed by atoms with E-state index in [9.17, 15) is 4.79 Å². The molecule has 0 saturated carbocycles. The number of nitrogens with two attached hydrogens (primary N) is 1. The van der Waals surface area contributed by atoms with Crippen molar-refractivity contribution in [2.45, 2.75) is 6.42 Å². The van der Waals surface area contributed by atoms with Crippen molar-refractivity contribution >= 4 is 33.8 Å². The zero-order valence-electron chi connectivity index (χ0n) is 10.6. The first-order valence-corrected chi connectivity index (χ1v) is 7.02. The van der Waals surface area contributed by atoms with Crippen LogP contribution in [0.5, 0.6) is 0 Å². The van der Waals surface area contributed by atoms with Crippen LogP contribution in [0.3, 0.4) is 0 Å². The Labute approximate surface area is 119 Å². The maximum atomic E-state index is 12.1. The van der Waals surface area contributed by atoms with Gasteiger partial charge in [0.15, 0.2) is 5.69 Å². The fourth-order valence-electron chi connectivity index (χ4n) is 1.95. The number of fused-ring (bicyclic) bond motifs is 1. The van der Waals surface area contributed by atoms with Crippen molar-refractivity contribution < 1.29 is 4.79 Å². The third-order valence-corrected chi connectivity index (χ3v) is 3.75. The van der Waals surface area contributed by atoms with Gasteiger partial charge in [0, 0.05) is 35.6 Å². The second-order valence-electron chi connectivity index (χ2n) is 4.31. The summed E-state index contributed by atoms with van der Waals surface area (Å²) in [5.41, 5.74) is 7.51. The van der Waals surface area contributed by atoms with E-state index in [-0.39, 0.29) is 5.91 Å². The lowest BCUT2D eigenvalue weighted by Crippen LogP contribution is -2.26. The van der Waals surface area contributed by atoms with E-state index in [1.807, 2.05) is 11.4 Å². The molecule has 3 aromatic rings. The number of H-pyrrole nitrogens is 1. The van der Waals surface area contributed by atoms with Crippen LogP contribution >= 0.6 is 11.3 Å². The first kappa shape index (κ1) is 12.6. The number of carbonyl (C=O) groups excluding carboxylic acids is 1. The fraction of sp³-hybridized carbons (Fsp3) is 0.154. The predicted molar refractivity (Wildman–Crippen MR) is 78.7 cm³/mol. The largest absolute Gasteiger partial charge is 0.399 e. The van der Waals surface area contributed by atoms with Gasteiger partial charge in [-0.15, -0.1) is 11.3 Å². The van der Waals surface area contributed by atoms with Gasteiger partial charge in [0.05, 0.1) is 10.5 Å². The van der Waals surface area contributed by atoms with Gasteiger partial charge in [-0.1, -0.05) is 0 Å². The lowest BCUT2D eigenvalue weighted by molar-refractivity contribution is 0.0950. The topological polar surface area (TPSA) is 96.7 Å². The molecule has 0 radical (unpaired) electrons. The van der Waals surface area contributed by atoms with Crippen LogP contribution in [0.4, 0.5) is 5.69 Å². The van der Waals surface area contributed by atoms with Gasteiger partial charge in [-0.3, -0.25) is 9.89 Å². The molecule has 0 fully saturated rings. The van der Waals surface area contributed by atoms with Crippen molar-refractivity contribution in [3.05, 3.63) is 40.5 Å². The van der Waals surface area contributed by atoms with Crippen molar-refractivity contribution in [3.63, 3.8) is 0 Å². The number of nitrogens with one attached hydrogen (secondary N) is 2. The average molecular weight is 287 g/mol. The number of aromatic nitrogens is 3. The first-order valence-electron chi connectivity index (χ1n) is 6.14. The Morgan fingerprint density at radius 2 is 2.35 bits per heavy atom. The van der Waals surface area contributed by atoms with Crippen LogP contribution in [0.1, 0.15) is 15.5 Å². The normalized spacial score (nSPS) is 10.8. The molecule has 7 heteroatoms. The SMILES string of the molecule is Nc1ccc2[nH]nc(C(=O)NCCc3nccs3)c2c1. The molecule has 0 aliphatic heterocycles. The molecule has 102 valence electrons. The highest BCUT2D eigenvalue weighted by Gasteiger charge is 2.13.